The summed E-state index contributed by atoms with van der Waals surface area (Å²) in [6, 6.07) is 2.41. The summed E-state index contributed by atoms with van der Waals surface area (Å²) in [7, 11) is 0. The number of aromatic nitrogens is 1. The molecular weight excluding hydrogens is 397 g/mol. The fourth-order valence-corrected chi connectivity index (χ4v) is 3.33. The molecule has 2 aromatic heterocycles. The van der Waals surface area contributed by atoms with Gasteiger partial charge in [-0.2, -0.15) is 13.2 Å². The number of rotatable bonds is 6. The summed E-state index contributed by atoms with van der Waals surface area (Å²) < 4.78 is 49.7. The first kappa shape index (κ1) is 20.2. The van der Waals surface area contributed by atoms with Crippen molar-refractivity contribution in [3.8, 4) is 5.75 Å². The fourth-order valence-electron chi connectivity index (χ4n) is 2.65. The molecule has 28 heavy (non-hydrogen) atoms. The zero-order chi connectivity index (χ0) is 20.5. The number of halogens is 3. The van der Waals surface area contributed by atoms with Crippen molar-refractivity contribution in [3.63, 3.8) is 0 Å². The van der Waals surface area contributed by atoms with Crippen LogP contribution in [0.4, 0.5) is 13.2 Å². The summed E-state index contributed by atoms with van der Waals surface area (Å²) in [5.74, 6) is -0.380. The second-order valence-corrected chi connectivity index (χ2v) is 7.03. The van der Waals surface area contributed by atoms with Crippen molar-refractivity contribution in [3.05, 3.63) is 45.6 Å². The average Bonchev–Trinajstić information content (AvgIpc) is 3.18. The topological polar surface area (TPSA) is 84.6 Å². The molecule has 0 saturated heterocycles. The lowest BCUT2D eigenvalue weighted by Gasteiger charge is -2.19. The molecule has 0 fully saturated rings. The lowest BCUT2D eigenvalue weighted by atomic mass is 10.1. The predicted molar refractivity (Wildman–Crippen MR) is 96.5 cm³/mol. The number of thiazole rings is 1. The van der Waals surface area contributed by atoms with Gasteiger partial charge in [-0.1, -0.05) is 0 Å². The lowest BCUT2D eigenvalue weighted by Crippen LogP contribution is -2.47. The number of furan rings is 1. The molecule has 3 aromatic rings. The van der Waals surface area contributed by atoms with Crippen molar-refractivity contribution >= 4 is 28.2 Å². The minimum absolute atomic E-state index is 0.0304. The summed E-state index contributed by atoms with van der Waals surface area (Å²) in [6.07, 6.45) is -4.77. The van der Waals surface area contributed by atoms with Crippen LogP contribution in [-0.4, -0.2) is 34.8 Å². The van der Waals surface area contributed by atoms with Gasteiger partial charge >= 0.3 is 6.18 Å². The smallest absolute Gasteiger partial charge is 0.410 e. The molecule has 1 amide bonds. The second-order valence-electron chi connectivity index (χ2n) is 6.09. The Bertz CT molecular complexity index is 997. The van der Waals surface area contributed by atoms with Crippen molar-refractivity contribution < 1.29 is 32.2 Å². The van der Waals surface area contributed by atoms with Crippen molar-refractivity contribution in [2.75, 3.05) is 6.61 Å². The van der Waals surface area contributed by atoms with E-state index in [2.05, 4.69) is 4.98 Å². The van der Waals surface area contributed by atoms with E-state index >= 15 is 0 Å². The Balaban J connectivity index is 1.86. The van der Waals surface area contributed by atoms with Crippen LogP contribution in [0.2, 0.25) is 0 Å². The number of aliphatic hydroxyl groups is 1. The Hall–Kier alpha value is -2.59. The molecule has 0 saturated carbocycles. The van der Waals surface area contributed by atoms with Gasteiger partial charge in [-0.05, 0) is 32.0 Å². The maximum atomic E-state index is 12.8. The van der Waals surface area contributed by atoms with Gasteiger partial charge in [0, 0.05) is 5.39 Å². The number of alkyl halides is 3. The van der Waals surface area contributed by atoms with E-state index in [-0.39, 0.29) is 17.9 Å². The van der Waals surface area contributed by atoms with Crippen molar-refractivity contribution in [1.29, 1.82) is 0 Å². The fraction of sp³-hybridized carbons (Fsp3) is 0.333. The van der Waals surface area contributed by atoms with E-state index in [0.29, 0.717) is 16.7 Å². The van der Waals surface area contributed by atoms with Gasteiger partial charge < -0.3 is 19.6 Å². The van der Waals surface area contributed by atoms with Crippen molar-refractivity contribution in [2.24, 2.45) is 0 Å². The largest absolute Gasteiger partial charge is 0.488 e. The number of ether oxygens (including phenoxy) is 1. The number of hydrogen-bond acceptors (Lipinski definition) is 6. The lowest BCUT2D eigenvalue weighted by molar-refractivity contribution is -0.161. The summed E-state index contributed by atoms with van der Waals surface area (Å²) in [5.41, 5.74) is 2.87. The monoisotopic (exact) mass is 414 g/mol. The number of nitrogens with one attached hydrogen (secondary N) is 1. The minimum Gasteiger partial charge on any atom is -0.488 e. The van der Waals surface area contributed by atoms with E-state index in [1.165, 1.54) is 18.3 Å². The van der Waals surface area contributed by atoms with E-state index < -0.39 is 24.7 Å². The third-order valence-corrected chi connectivity index (χ3v) is 5.07. The molecule has 10 heteroatoms. The average molecular weight is 414 g/mol. The number of hydrogen-bond donors (Lipinski definition) is 2. The molecule has 2 N–H and O–H groups in total. The molecule has 3 rings (SSSR count). The summed E-state index contributed by atoms with van der Waals surface area (Å²) in [4.78, 5) is 17.5. The van der Waals surface area contributed by atoms with Crippen LogP contribution in [-0.2, 0) is 6.61 Å². The number of carbonyl (C=O) groups is 1. The first-order chi connectivity index (χ1) is 13.2. The highest BCUT2D eigenvalue weighted by molar-refractivity contribution is 7.09. The standard InChI is InChI=1S/C18H17F3N2O4S/c1-9-14(28-8-22-9)7-26-11-3-4-13-12(5-11)16(10(2)27-13)17(25)23-15(6-24)18(19,20)21/h3-5,8,15,24H,6-7H2,1-2H3,(H,23,25). The van der Waals surface area contributed by atoms with Crippen LogP contribution in [0.3, 0.4) is 0 Å². The molecule has 2 heterocycles. The van der Waals surface area contributed by atoms with Gasteiger partial charge in [-0.3, -0.25) is 4.79 Å². The van der Waals surface area contributed by atoms with Crippen molar-refractivity contribution in [1.82, 2.24) is 10.3 Å². The maximum absolute atomic E-state index is 12.8. The first-order valence-electron chi connectivity index (χ1n) is 8.24. The normalized spacial score (nSPS) is 12.9. The highest BCUT2D eigenvalue weighted by Crippen LogP contribution is 2.30. The van der Waals surface area contributed by atoms with Gasteiger partial charge in [0.05, 0.1) is 28.3 Å². The summed E-state index contributed by atoms with van der Waals surface area (Å²) >= 11 is 1.45. The van der Waals surface area contributed by atoms with E-state index in [9.17, 15) is 18.0 Å². The molecule has 1 unspecified atom stereocenters. The number of amides is 1. The van der Waals surface area contributed by atoms with Crippen LogP contribution in [0.25, 0.3) is 11.0 Å². The maximum Gasteiger partial charge on any atom is 0.410 e. The second kappa shape index (κ2) is 7.80. The first-order valence-corrected chi connectivity index (χ1v) is 9.12. The number of nitrogens with zero attached hydrogens (tertiary/aromatic N) is 1. The van der Waals surface area contributed by atoms with E-state index in [4.69, 9.17) is 14.3 Å². The van der Waals surface area contributed by atoms with Crippen LogP contribution >= 0.6 is 11.3 Å². The molecular formula is C18H17F3N2O4S. The van der Waals surface area contributed by atoms with Gasteiger partial charge in [-0.15, -0.1) is 11.3 Å². The zero-order valence-corrected chi connectivity index (χ0v) is 15.8. The van der Waals surface area contributed by atoms with Crippen molar-refractivity contribution in [2.45, 2.75) is 32.7 Å². The minimum atomic E-state index is -4.77. The Labute approximate surface area is 161 Å². The summed E-state index contributed by atoms with van der Waals surface area (Å²) in [6.45, 7) is 2.36. The molecule has 0 bridgehead atoms. The molecule has 1 aromatic carbocycles. The number of aliphatic hydroxyl groups excluding tert-OH is 1. The number of benzene rings is 1. The van der Waals surface area contributed by atoms with Gasteiger partial charge in [0.2, 0.25) is 0 Å². The Morgan fingerprint density at radius 3 is 2.75 bits per heavy atom. The van der Waals surface area contributed by atoms with Crippen LogP contribution < -0.4 is 10.1 Å². The van der Waals surface area contributed by atoms with Crippen LogP contribution in [0, 0.1) is 13.8 Å². The zero-order valence-electron chi connectivity index (χ0n) is 15.0. The van der Waals surface area contributed by atoms with E-state index in [1.54, 1.807) is 29.0 Å². The van der Waals surface area contributed by atoms with E-state index in [0.717, 1.165) is 10.6 Å². The Morgan fingerprint density at radius 1 is 1.39 bits per heavy atom. The van der Waals surface area contributed by atoms with Gasteiger partial charge in [0.1, 0.15) is 29.7 Å². The quantitative estimate of drug-likeness (QED) is 0.642. The van der Waals surface area contributed by atoms with Gasteiger partial charge in [-0.25, -0.2) is 4.98 Å². The molecule has 6 nitrogen and oxygen atoms in total. The molecule has 0 aliphatic carbocycles. The predicted octanol–water partition coefficient (Wildman–Crippen LogP) is 3.74. The number of carbonyl (C=O) groups excluding carboxylic acids is 1. The van der Waals surface area contributed by atoms with Gasteiger partial charge in [0.15, 0.2) is 0 Å². The molecule has 150 valence electrons. The van der Waals surface area contributed by atoms with E-state index in [1.807, 2.05) is 6.92 Å². The molecule has 0 aliphatic heterocycles. The number of fused-ring (bicyclic) bond motifs is 1. The molecule has 1 atom stereocenters. The highest BCUT2D eigenvalue weighted by Gasteiger charge is 2.40. The van der Waals surface area contributed by atoms with Crippen LogP contribution in [0.15, 0.2) is 28.1 Å². The molecule has 0 aliphatic rings. The number of aryl methyl sites for hydroxylation is 2. The highest BCUT2D eigenvalue weighted by atomic mass is 32.1. The van der Waals surface area contributed by atoms with Crippen LogP contribution in [0.1, 0.15) is 26.7 Å². The van der Waals surface area contributed by atoms with Gasteiger partial charge in [0.25, 0.3) is 5.91 Å². The third kappa shape index (κ3) is 4.12. The third-order valence-electron chi connectivity index (χ3n) is 4.16. The molecule has 0 radical (unpaired) electrons. The van der Waals surface area contributed by atoms with Crippen LogP contribution in [0.5, 0.6) is 5.75 Å². The Kier molecular flexibility index (Phi) is 5.61. The Morgan fingerprint density at radius 2 is 2.14 bits per heavy atom. The summed E-state index contributed by atoms with van der Waals surface area (Å²) in [5, 5.41) is 11.1. The SMILES string of the molecule is Cc1ncsc1COc1ccc2oc(C)c(C(=O)NC(CO)C(F)(F)F)c2c1. The molecule has 0 spiro atoms.